The van der Waals surface area contributed by atoms with Crippen LogP contribution in [0.5, 0.6) is 0 Å². The molecule has 1 saturated heterocycles. The molecule has 45 heavy (non-hydrogen) atoms. The summed E-state index contributed by atoms with van der Waals surface area (Å²) in [6.07, 6.45) is -7.36. The fraction of sp³-hybridized carbons (Fsp3) is 0.171. The summed E-state index contributed by atoms with van der Waals surface area (Å²) in [5.41, 5.74) is 0.750. The Kier molecular flexibility index (Phi) is 9.94. The number of hydrogen-bond donors (Lipinski definition) is 0. The maximum atomic E-state index is 13.4. The number of rotatable bonds is 9. The van der Waals surface area contributed by atoms with Crippen LogP contribution in [0.4, 0.5) is 0 Å². The molecule has 4 aromatic carbocycles. The maximum absolute atomic E-state index is 13.4. The first-order valence-electron chi connectivity index (χ1n) is 14.0. The third-order valence-corrected chi connectivity index (χ3v) is 6.91. The first-order valence-corrected chi connectivity index (χ1v) is 14.0. The van der Waals surface area contributed by atoms with E-state index in [4.69, 9.17) is 23.7 Å². The molecule has 1 aliphatic rings. The predicted molar refractivity (Wildman–Crippen MR) is 158 cm³/mol. The van der Waals surface area contributed by atoms with Crippen LogP contribution in [-0.4, -0.2) is 61.0 Å². The second kappa shape index (κ2) is 14.6. The Balaban J connectivity index is 1.51. The van der Waals surface area contributed by atoms with Gasteiger partial charge in [0.25, 0.3) is 0 Å². The Morgan fingerprint density at radius 2 is 0.889 bits per heavy atom. The molecular weight excluding hydrogens is 578 g/mol. The molecule has 0 saturated carbocycles. The van der Waals surface area contributed by atoms with E-state index >= 15 is 0 Å². The summed E-state index contributed by atoms with van der Waals surface area (Å²) in [6.45, 7) is -0.489. The molecule has 0 spiro atoms. The van der Waals surface area contributed by atoms with Crippen molar-refractivity contribution in [3.8, 4) is 6.07 Å². The van der Waals surface area contributed by atoms with Gasteiger partial charge in [0.2, 0.25) is 0 Å². The molecule has 226 valence electrons. The zero-order valence-electron chi connectivity index (χ0n) is 23.8. The molecule has 1 heterocycles. The van der Waals surface area contributed by atoms with Gasteiger partial charge < -0.3 is 23.7 Å². The van der Waals surface area contributed by atoms with E-state index in [0.29, 0.717) is 0 Å². The van der Waals surface area contributed by atoms with Gasteiger partial charge in [0.05, 0.1) is 28.3 Å². The van der Waals surface area contributed by atoms with Crippen molar-refractivity contribution in [1.29, 1.82) is 5.26 Å². The maximum Gasteiger partial charge on any atom is 0.338 e. The molecule has 5 unspecified atom stereocenters. The lowest BCUT2D eigenvalue weighted by Crippen LogP contribution is -2.62. The molecule has 0 amide bonds. The van der Waals surface area contributed by atoms with Crippen LogP contribution in [-0.2, 0) is 23.7 Å². The molecule has 0 aliphatic carbocycles. The Morgan fingerprint density at radius 3 is 1.29 bits per heavy atom. The minimum Gasteiger partial charge on any atom is -0.459 e. The van der Waals surface area contributed by atoms with Gasteiger partial charge in [-0.3, -0.25) is 0 Å². The summed E-state index contributed by atoms with van der Waals surface area (Å²) in [5, 5.41) is 10.1. The molecule has 0 aromatic heterocycles. The van der Waals surface area contributed by atoms with Gasteiger partial charge in [-0.25, -0.2) is 19.2 Å². The quantitative estimate of drug-likeness (QED) is 0.193. The number of nitrogens with zero attached hydrogens (tertiary/aromatic N) is 1. The van der Waals surface area contributed by atoms with Crippen molar-refractivity contribution >= 4 is 23.9 Å². The van der Waals surface area contributed by atoms with E-state index in [0.717, 1.165) is 0 Å². The first-order chi connectivity index (χ1) is 21.9. The highest BCUT2D eigenvalue weighted by Crippen LogP contribution is 2.31. The fourth-order valence-electron chi connectivity index (χ4n) is 4.67. The number of ether oxygens (including phenoxy) is 5. The minimum absolute atomic E-state index is 0.158. The second-order valence-corrected chi connectivity index (χ2v) is 9.90. The zero-order chi connectivity index (χ0) is 31.6. The van der Waals surface area contributed by atoms with Crippen molar-refractivity contribution in [1.82, 2.24) is 0 Å². The lowest BCUT2D eigenvalue weighted by molar-refractivity contribution is -0.215. The molecule has 0 radical (unpaired) electrons. The van der Waals surface area contributed by atoms with Crippen molar-refractivity contribution in [2.45, 2.75) is 30.5 Å². The predicted octanol–water partition coefficient (Wildman–Crippen LogP) is 4.81. The molecular formula is C35H27NO9. The van der Waals surface area contributed by atoms with Crippen LogP contribution >= 0.6 is 0 Å². The van der Waals surface area contributed by atoms with Gasteiger partial charge in [0, 0.05) is 0 Å². The number of carbonyl (C=O) groups excluding carboxylic acids is 4. The standard InChI is InChI=1S/C35H27NO9/c36-21-27-29(43-33(38)24-15-7-2-8-16-24)31(45-35(40)26-19-11-4-12-20-26)30(44-34(39)25-17-9-3-10-18-25)28(42-27)22-41-32(37)23-13-5-1-6-14-23/h1-20,27-31H,22H2. The van der Waals surface area contributed by atoms with Crippen LogP contribution in [0.15, 0.2) is 121 Å². The van der Waals surface area contributed by atoms with Crippen LogP contribution in [0.1, 0.15) is 41.4 Å². The number of carbonyl (C=O) groups is 4. The van der Waals surface area contributed by atoms with E-state index in [1.54, 1.807) is 84.9 Å². The summed E-state index contributed by atoms with van der Waals surface area (Å²) in [4.78, 5) is 52.6. The largest absolute Gasteiger partial charge is 0.459 e. The highest BCUT2D eigenvalue weighted by molar-refractivity contribution is 5.91. The third-order valence-electron chi connectivity index (χ3n) is 6.91. The normalized spacial score (nSPS) is 20.6. The lowest BCUT2D eigenvalue weighted by atomic mass is 9.94. The Bertz CT molecular complexity index is 1660. The summed E-state index contributed by atoms with van der Waals surface area (Å²) >= 11 is 0. The van der Waals surface area contributed by atoms with Gasteiger partial charge in [-0.2, -0.15) is 5.26 Å². The van der Waals surface area contributed by atoms with Gasteiger partial charge in [0.1, 0.15) is 12.7 Å². The number of nitriles is 1. The Hall–Kier alpha value is -5.79. The molecule has 1 aliphatic heterocycles. The van der Waals surface area contributed by atoms with Crippen LogP contribution in [0, 0.1) is 11.3 Å². The summed E-state index contributed by atoms with van der Waals surface area (Å²) in [7, 11) is 0. The van der Waals surface area contributed by atoms with Crippen molar-refractivity contribution in [2.75, 3.05) is 6.61 Å². The van der Waals surface area contributed by atoms with Crippen molar-refractivity contribution in [3.63, 3.8) is 0 Å². The molecule has 1 fully saturated rings. The molecule has 0 bridgehead atoms. The summed E-state index contributed by atoms with van der Waals surface area (Å²) in [5.74, 6) is -3.17. The number of esters is 4. The molecule has 10 heteroatoms. The fourth-order valence-corrected chi connectivity index (χ4v) is 4.67. The highest BCUT2D eigenvalue weighted by Gasteiger charge is 2.53. The summed E-state index contributed by atoms with van der Waals surface area (Å²) < 4.78 is 28.9. The third kappa shape index (κ3) is 7.60. The average molecular weight is 606 g/mol. The number of hydrogen-bond acceptors (Lipinski definition) is 10. The summed E-state index contributed by atoms with van der Waals surface area (Å²) in [6, 6.07) is 34.1. The highest BCUT2D eigenvalue weighted by atomic mass is 16.7. The van der Waals surface area contributed by atoms with E-state index in [1.165, 1.54) is 36.4 Å². The van der Waals surface area contributed by atoms with E-state index in [1.807, 2.05) is 6.07 Å². The monoisotopic (exact) mass is 605 g/mol. The molecule has 4 aromatic rings. The topological polar surface area (TPSA) is 138 Å². The SMILES string of the molecule is N#CC1OC(COC(=O)c2ccccc2)C(OC(=O)c2ccccc2)C(OC(=O)c2ccccc2)C1OC(=O)c1ccccc1. The van der Waals surface area contributed by atoms with Crippen LogP contribution in [0.25, 0.3) is 0 Å². The first kappa shape index (κ1) is 30.7. The smallest absolute Gasteiger partial charge is 0.338 e. The van der Waals surface area contributed by atoms with E-state index in [-0.39, 0.29) is 22.3 Å². The van der Waals surface area contributed by atoms with E-state index < -0.39 is 61.0 Å². The Morgan fingerprint density at radius 1 is 0.533 bits per heavy atom. The van der Waals surface area contributed by atoms with Gasteiger partial charge in [-0.15, -0.1) is 0 Å². The molecule has 5 rings (SSSR count). The number of benzene rings is 4. The van der Waals surface area contributed by atoms with Gasteiger partial charge in [-0.1, -0.05) is 72.8 Å². The van der Waals surface area contributed by atoms with Crippen LogP contribution in [0.2, 0.25) is 0 Å². The van der Waals surface area contributed by atoms with Crippen molar-refractivity contribution < 1.29 is 42.9 Å². The van der Waals surface area contributed by atoms with Gasteiger partial charge >= 0.3 is 23.9 Å². The molecule has 0 N–H and O–H groups in total. The molecule has 10 nitrogen and oxygen atoms in total. The van der Waals surface area contributed by atoms with Crippen LogP contribution in [0.3, 0.4) is 0 Å². The minimum atomic E-state index is -1.54. The van der Waals surface area contributed by atoms with Crippen molar-refractivity contribution in [2.24, 2.45) is 0 Å². The van der Waals surface area contributed by atoms with Gasteiger partial charge in [-0.05, 0) is 48.5 Å². The lowest BCUT2D eigenvalue weighted by Gasteiger charge is -2.42. The average Bonchev–Trinajstić information content (AvgIpc) is 3.10. The Labute approximate surface area is 258 Å². The zero-order valence-corrected chi connectivity index (χ0v) is 23.8. The molecule has 5 atom stereocenters. The van der Waals surface area contributed by atoms with Crippen molar-refractivity contribution in [3.05, 3.63) is 144 Å². The second-order valence-electron chi connectivity index (χ2n) is 9.90. The van der Waals surface area contributed by atoms with E-state index in [9.17, 15) is 24.4 Å². The van der Waals surface area contributed by atoms with Gasteiger partial charge in [0.15, 0.2) is 24.4 Å². The van der Waals surface area contributed by atoms with Crippen LogP contribution < -0.4 is 0 Å². The van der Waals surface area contributed by atoms with E-state index in [2.05, 4.69) is 0 Å².